The average molecular weight is 401 g/mol. The molecular formula is C16H18ClIN2. The summed E-state index contributed by atoms with van der Waals surface area (Å²) in [6.07, 6.45) is 0. The molecule has 0 radical (unpaired) electrons. The highest BCUT2D eigenvalue weighted by Crippen LogP contribution is 2.34. The van der Waals surface area contributed by atoms with E-state index in [1.165, 1.54) is 9.13 Å². The Labute approximate surface area is 139 Å². The number of nitrogens with zero attached hydrogens (tertiary/aromatic N) is 1. The number of hydrogen-bond donors (Lipinski definition) is 1. The first kappa shape index (κ1) is 15.4. The van der Waals surface area contributed by atoms with E-state index in [9.17, 15) is 0 Å². The molecule has 0 bridgehead atoms. The normalized spacial score (nSPS) is 12.1. The van der Waals surface area contributed by atoms with Crippen molar-refractivity contribution in [2.75, 3.05) is 24.3 Å². The van der Waals surface area contributed by atoms with Crippen LogP contribution in [0.1, 0.15) is 18.5 Å². The van der Waals surface area contributed by atoms with Crippen molar-refractivity contribution in [2.24, 2.45) is 0 Å². The molecule has 0 aliphatic rings. The molecule has 0 aromatic heterocycles. The summed E-state index contributed by atoms with van der Waals surface area (Å²) in [4.78, 5) is 2.03. The first-order chi connectivity index (χ1) is 9.49. The molecule has 1 unspecified atom stereocenters. The highest BCUT2D eigenvalue weighted by atomic mass is 127. The second kappa shape index (κ2) is 6.68. The van der Waals surface area contributed by atoms with Gasteiger partial charge < -0.3 is 10.2 Å². The van der Waals surface area contributed by atoms with E-state index in [0.29, 0.717) is 0 Å². The molecule has 2 aromatic rings. The average Bonchev–Trinajstić information content (AvgIpc) is 2.39. The van der Waals surface area contributed by atoms with Crippen LogP contribution in [-0.4, -0.2) is 14.1 Å². The number of nitrogens with one attached hydrogen (secondary N) is 1. The van der Waals surface area contributed by atoms with Crippen molar-refractivity contribution >= 4 is 45.6 Å². The zero-order valence-corrected chi connectivity index (χ0v) is 14.7. The molecule has 0 amide bonds. The van der Waals surface area contributed by atoms with Gasteiger partial charge in [-0.15, -0.1) is 0 Å². The van der Waals surface area contributed by atoms with Gasteiger partial charge in [0, 0.05) is 23.7 Å². The largest absolute Gasteiger partial charge is 0.377 e. The van der Waals surface area contributed by atoms with Gasteiger partial charge in [-0.2, -0.15) is 0 Å². The van der Waals surface area contributed by atoms with Crippen molar-refractivity contribution in [3.63, 3.8) is 0 Å². The van der Waals surface area contributed by atoms with E-state index in [2.05, 4.69) is 65.2 Å². The maximum Gasteiger partial charge on any atom is 0.0786 e. The lowest BCUT2D eigenvalue weighted by molar-refractivity contribution is 0.882. The van der Waals surface area contributed by atoms with E-state index in [1.54, 1.807) is 0 Å². The van der Waals surface area contributed by atoms with Crippen molar-refractivity contribution in [1.29, 1.82) is 0 Å². The van der Waals surface area contributed by atoms with E-state index < -0.39 is 0 Å². The molecule has 0 saturated carbocycles. The third kappa shape index (κ3) is 3.58. The molecule has 0 aliphatic carbocycles. The van der Waals surface area contributed by atoms with Gasteiger partial charge in [-0.05, 0) is 59.3 Å². The molecular weight excluding hydrogens is 383 g/mol. The molecule has 2 aromatic carbocycles. The Morgan fingerprint density at radius 1 is 1.10 bits per heavy atom. The zero-order valence-electron chi connectivity index (χ0n) is 11.8. The predicted octanol–water partition coefficient (Wildman–Crippen LogP) is 5.18. The third-order valence-corrected chi connectivity index (χ3v) is 4.20. The Kier molecular flexibility index (Phi) is 5.16. The molecule has 106 valence electrons. The van der Waals surface area contributed by atoms with Crippen LogP contribution >= 0.6 is 34.2 Å². The van der Waals surface area contributed by atoms with Crippen molar-refractivity contribution in [3.05, 3.63) is 56.6 Å². The Bertz CT molecular complexity index is 582. The minimum absolute atomic E-state index is 0.226. The number of para-hydroxylation sites is 1. The first-order valence-electron chi connectivity index (χ1n) is 6.47. The van der Waals surface area contributed by atoms with Crippen LogP contribution in [0.4, 0.5) is 11.4 Å². The van der Waals surface area contributed by atoms with Crippen LogP contribution in [0.2, 0.25) is 5.02 Å². The van der Waals surface area contributed by atoms with Crippen LogP contribution < -0.4 is 10.2 Å². The highest BCUT2D eigenvalue weighted by Gasteiger charge is 2.12. The molecule has 0 spiro atoms. The van der Waals surface area contributed by atoms with Crippen molar-refractivity contribution in [2.45, 2.75) is 13.0 Å². The zero-order chi connectivity index (χ0) is 14.7. The summed E-state index contributed by atoms with van der Waals surface area (Å²) in [5, 5.41) is 4.30. The molecule has 0 fully saturated rings. The minimum Gasteiger partial charge on any atom is -0.377 e. The number of rotatable bonds is 4. The summed E-state index contributed by atoms with van der Waals surface area (Å²) in [5.74, 6) is 0. The van der Waals surface area contributed by atoms with Gasteiger partial charge in [0.2, 0.25) is 0 Å². The van der Waals surface area contributed by atoms with E-state index >= 15 is 0 Å². The Morgan fingerprint density at radius 3 is 2.35 bits per heavy atom. The lowest BCUT2D eigenvalue weighted by Crippen LogP contribution is -2.14. The van der Waals surface area contributed by atoms with Gasteiger partial charge >= 0.3 is 0 Å². The molecule has 0 heterocycles. The van der Waals surface area contributed by atoms with E-state index in [0.717, 1.165) is 16.4 Å². The van der Waals surface area contributed by atoms with Gasteiger partial charge in [-0.25, -0.2) is 0 Å². The van der Waals surface area contributed by atoms with Crippen molar-refractivity contribution in [1.82, 2.24) is 0 Å². The maximum absolute atomic E-state index is 6.29. The fourth-order valence-corrected chi connectivity index (χ4v) is 2.86. The molecule has 1 N–H and O–H groups in total. The molecule has 0 saturated heterocycles. The number of halogens is 2. The van der Waals surface area contributed by atoms with Crippen LogP contribution in [0.15, 0.2) is 42.5 Å². The molecule has 2 nitrogen and oxygen atoms in total. The summed E-state index contributed by atoms with van der Waals surface area (Å²) in [5.41, 5.74) is 3.33. The van der Waals surface area contributed by atoms with Gasteiger partial charge in [-0.3, -0.25) is 0 Å². The fourth-order valence-electron chi connectivity index (χ4n) is 2.15. The van der Waals surface area contributed by atoms with Crippen LogP contribution in [0, 0.1) is 3.57 Å². The second-order valence-corrected chi connectivity index (χ2v) is 6.60. The number of anilines is 2. The molecule has 4 heteroatoms. The molecule has 1 atom stereocenters. The lowest BCUT2D eigenvalue weighted by Gasteiger charge is -2.23. The summed E-state index contributed by atoms with van der Waals surface area (Å²) >= 11 is 8.61. The first-order valence-corrected chi connectivity index (χ1v) is 7.92. The van der Waals surface area contributed by atoms with Gasteiger partial charge in [0.05, 0.1) is 16.4 Å². The molecule has 0 aliphatic heterocycles. The smallest absolute Gasteiger partial charge is 0.0786 e. The van der Waals surface area contributed by atoms with Crippen LogP contribution in [0.5, 0.6) is 0 Å². The van der Waals surface area contributed by atoms with E-state index in [4.69, 9.17) is 11.6 Å². The van der Waals surface area contributed by atoms with Gasteiger partial charge in [-0.1, -0.05) is 29.8 Å². The van der Waals surface area contributed by atoms with Gasteiger partial charge in [0.25, 0.3) is 0 Å². The van der Waals surface area contributed by atoms with Gasteiger partial charge in [0.15, 0.2) is 0 Å². The second-order valence-electron chi connectivity index (χ2n) is 4.95. The van der Waals surface area contributed by atoms with Crippen molar-refractivity contribution < 1.29 is 0 Å². The Morgan fingerprint density at radius 2 is 1.75 bits per heavy atom. The van der Waals surface area contributed by atoms with E-state index in [-0.39, 0.29) is 6.04 Å². The SMILES string of the molecule is CC(Nc1cccc(Cl)c1N(C)C)c1ccc(I)cc1. The minimum atomic E-state index is 0.226. The predicted molar refractivity (Wildman–Crippen MR) is 97.0 cm³/mol. The number of hydrogen-bond acceptors (Lipinski definition) is 2. The molecule has 2 rings (SSSR count). The third-order valence-electron chi connectivity index (χ3n) is 3.18. The monoisotopic (exact) mass is 400 g/mol. The fraction of sp³-hybridized carbons (Fsp3) is 0.250. The van der Waals surface area contributed by atoms with Crippen molar-refractivity contribution in [3.8, 4) is 0 Å². The summed E-state index contributed by atoms with van der Waals surface area (Å²) in [7, 11) is 4.00. The molecule has 20 heavy (non-hydrogen) atoms. The summed E-state index contributed by atoms with van der Waals surface area (Å²) < 4.78 is 1.25. The van der Waals surface area contributed by atoms with Crippen LogP contribution in [0.3, 0.4) is 0 Å². The summed E-state index contributed by atoms with van der Waals surface area (Å²) in [6, 6.07) is 14.7. The standard InChI is InChI=1S/C16H18ClIN2/c1-11(12-7-9-13(18)10-8-12)19-15-6-4-5-14(17)16(15)20(2)3/h4-11,19H,1-3H3. The Balaban J connectivity index is 2.26. The quantitative estimate of drug-likeness (QED) is 0.711. The maximum atomic E-state index is 6.29. The van der Waals surface area contributed by atoms with Crippen LogP contribution in [0.25, 0.3) is 0 Å². The highest BCUT2D eigenvalue weighted by molar-refractivity contribution is 14.1. The van der Waals surface area contributed by atoms with Gasteiger partial charge in [0.1, 0.15) is 0 Å². The topological polar surface area (TPSA) is 15.3 Å². The van der Waals surface area contributed by atoms with Crippen LogP contribution in [-0.2, 0) is 0 Å². The Hall–Kier alpha value is -0.940. The summed E-state index contributed by atoms with van der Waals surface area (Å²) in [6.45, 7) is 2.16. The number of benzene rings is 2. The lowest BCUT2D eigenvalue weighted by atomic mass is 10.1. The van der Waals surface area contributed by atoms with E-state index in [1.807, 2.05) is 31.1 Å².